The average Bonchev–Trinajstić information content (AvgIpc) is 3.09. The molecule has 2 aromatic rings. The zero-order chi connectivity index (χ0) is 17.5. The molecule has 25 heavy (non-hydrogen) atoms. The number of ether oxygens (including phenoxy) is 2. The van der Waals surface area contributed by atoms with Crippen LogP contribution in [0.1, 0.15) is 16.1 Å². The fourth-order valence-electron chi connectivity index (χ4n) is 2.55. The van der Waals surface area contributed by atoms with Crippen LogP contribution in [0.25, 0.3) is 0 Å². The van der Waals surface area contributed by atoms with Gasteiger partial charge in [-0.1, -0.05) is 12.1 Å². The third kappa shape index (κ3) is 5.04. The minimum absolute atomic E-state index is 0.174. The number of furan rings is 1. The molecule has 7 heteroatoms. The Kier molecular flexibility index (Phi) is 6.03. The number of morpholine rings is 1. The summed E-state index contributed by atoms with van der Waals surface area (Å²) in [5, 5.41) is 2.73. The monoisotopic (exact) mass is 348 g/mol. The third-order valence-electron chi connectivity index (χ3n) is 3.88. The van der Waals surface area contributed by atoms with Crippen molar-refractivity contribution in [1.82, 2.24) is 10.2 Å². The Bertz CT molecular complexity index is 698. The lowest BCUT2D eigenvalue weighted by molar-refractivity contribution is 0.0313. The Balaban J connectivity index is 1.41. The van der Waals surface area contributed by atoms with E-state index < -0.39 is 5.82 Å². The molecule has 1 fully saturated rings. The summed E-state index contributed by atoms with van der Waals surface area (Å²) in [6.07, 6.45) is 1.45. The summed E-state index contributed by atoms with van der Waals surface area (Å²) in [6.45, 7) is 4.27. The predicted molar refractivity (Wildman–Crippen MR) is 89.0 cm³/mol. The average molecular weight is 348 g/mol. The van der Waals surface area contributed by atoms with E-state index in [2.05, 4.69) is 10.2 Å². The normalized spacial score (nSPS) is 15.1. The number of halogens is 1. The van der Waals surface area contributed by atoms with Gasteiger partial charge in [0.2, 0.25) is 0 Å². The number of hydrogen-bond acceptors (Lipinski definition) is 5. The third-order valence-corrected chi connectivity index (χ3v) is 3.88. The molecule has 1 amide bonds. The van der Waals surface area contributed by atoms with E-state index in [1.807, 2.05) is 0 Å². The Hall–Kier alpha value is -2.38. The van der Waals surface area contributed by atoms with Crippen LogP contribution in [-0.2, 0) is 11.3 Å². The zero-order valence-corrected chi connectivity index (χ0v) is 13.9. The van der Waals surface area contributed by atoms with Gasteiger partial charge >= 0.3 is 0 Å². The summed E-state index contributed by atoms with van der Waals surface area (Å²) in [7, 11) is 0. The molecular weight excluding hydrogens is 327 g/mol. The van der Waals surface area contributed by atoms with Crippen molar-refractivity contribution in [2.45, 2.75) is 6.54 Å². The van der Waals surface area contributed by atoms with E-state index in [0.29, 0.717) is 12.1 Å². The highest BCUT2D eigenvalue weighted by molar-refractivity contribution is 5.93. The van der Waals surface area contributed by atoms with Crippen LogP contribution < -0.4 is 10.1 Å². The van der Waals surface area contributed by atoms with Crippen molar-refractivity contribution in [2.75, 3.05) is 39.5 Å². The maximum absolute atomic E-state index is 13.4. The van der Waals surface area contributed by atoms with Gasteiger partial charge in [0.15, 0.2) is 11.6 Å². The van der Waals surface area contributed by atoms with Crippen molar-refractivity contribution < 1.29 is 23.1 Å². The summed E-state index contributed by atoms with van der Waals surface area (Å²) in [5.74, 6) is 0.257. The van der Waals surface area contributed by atoms with Gasteiger partial charge < -0.3 is 19.2 Å². The lowest BCUT2D eigenvalue weighted by Gasteiger charge is -2.25. The van der Waals surface area contributed by atoms with Crippen LogP contribution in [0.5, 0.6) is 5.75 Å². The van der Waals surface area contributed by atoms with Crippen LogP contribution in [0, 0.1) is 5.82 Å². The number of carbonyl (C=O) groups is 1. The minimum atomic E-state index is -0.420. The molecule has 134 valence electrons. The lowest BCUT2D eigenvalue weighted by atomic mass is 10.2. The molecule has 0 aliphatic carbocycles. The molecule has 0 bridgehead atoms. The molecule has 1 aliphatic heterocycles. The Morgan fingerprint density at radius 1 is 1.28 bits per heavy atom. The Labute approximate surface area is 145 Å². The van der Waals surface area contributed by atoms with E-state index in [0.717, 1.165) is 32.1 Å². The molecule has 0 unspecified atom stereocenters. The number of nitrogens with zero attached hydrogens (tertiary/aromatic N) is 1. The fourth-order valence-corrected chi connectivity index (χ4v) is 2.55. The van der Waals surface area contributed by atoms with E-state index >= 15 is 0 Å². The van der Waals surface area contributed by atoms with Crippen molar-refractivity contribution in [1.29, 1.82) is 0 Å². The summed E-state index contributed by atoms with van der Waals surface area (Å²) >= 11 is 0. The van der Waals surface area contributed by atoms with Gasteiger partial charge in [0, 0.05) is 13.1 Å². The second-order valence-electron chi connectivity index (χ2n) is 5.72. The fraction of sp³-hybridized carbons (Fsp3) is 0.389. The van der Waals surface area contributed by atoms with Gasteiger partial charge in [-0.05, 0) is 18.2 Å². The first kappa shape index (κ1) is 17.4. The van der Waals surface area contributed by atoms with E-state index in [4.69, 9.17) is 13.9 Å². The molecule has 0 radical (unpaired) electrons. The second kappa shape index (κ2) is 8.64. The SMILES string of the molecule is O=C(NCCOc1ccccc1F)c1coc(CN2CCOCC2)c1. The second-order valence-corrected chi connectivity index (χ2v) is 5.72. The number of hydrogen-bond donors (Lipinski definition) is 1. The lowest BCUT2D eigenvalue weighted by Crippen LogP contribution is -2.35. The zero-order valence-electron chi connectivity index (χ0n) is 13.9. The van der Waals surface area contributed by atoms with Crippen LogP contribution in [0.2, 0.25) is 0 Å². The van der Waals surface area contributed by atoms with E-state index in [-0.39, 0.29) is 24.8 Å². The quantitative estimate of drug-likeness (QED) is 0.776. The molecule has 3 rings (SSSR count). The number of amides is 1. The summed E-state index contributed by atoms with van der Waals surface area (Å²) in [5.41, 5.74) is 0.467. The van der Waals surface area contributed by atoms with Crippen LogP contribution in [0.4, 0.5) is 4.39 Å². The molecule has 1 aromatic heterocycles. The molecule has 1 N–H and O–H groups in total. The van der Waals surface area contributed by atoms with Crippen molar-refractivity contribution in [3.8, 4) is 5.75 Å². The Morgan fingerprint density at radius 2 is 2.08 bits per heavy atom. The van der Waals surface area contributed by atoms with Crippen molar-refractivity contribution >= 4 is 5.91 Å². The molecule has 0 spiro atoms. The molecule has 1 aromatic carbocycles. The molecule has 6 nitrogen and oxygen atoms in total. The maximum atomic E-state index is 13.4. The highest BCUT2D eigenvalue weighted by atomic mass is 19.1. The number of rotatable bonds is 7. The van der Waals surface area contributed by atoms with Gasteiger partial charge in [-0.3, -0.25) is 9.69 Å². The molecule has 0 saturated carbocycles. The molecule has 1 aliphatic rings. The number of carbonyl (C=O) groups excluding carboxylic acids is 1. The molecular formula is C18H21FN2O4. The van der Waals surface area contributed by atoms with Gasteiger partial charge in [-0.2, -0.15) is 0 Å². The van der Waals surface area contributed by atoms with Gasteiger partial charge in [0.1, 0.15) is 18.6 Å². The van der Waals surface area contributed by atoms with Crippen molar-refractivity contribution in [2.24, 2.45) is 0 Å². The first-order chi connectivity index (χ1) is 12.2. The van der Waals surface area contributed by atoms with E-state index in [1.54, 1.807) is 24.3 Å². The summed E-state index contributed by atoms with van der Waals surface area (Å²) < 4.78 is 29.5. The van der Waals surface area contributed by atoms with Crippen molar-refractivity contribution in [3.63, 3.8) is 0 Å². The summed E-state index contributed by atoms with van der Waals surface area (Å²) in [4.78, 5) is 14.3. The smallest absolute Gasteiger partial charge is 0.254 e. The Morgan fingerprint density at radius 3 is 2.88 bits per heavy atom. The number of benzene rings is 1. The number of nitrogens with one attached hydrogen (secondary N) is 1. The molecule has 0 atom stereocenters. The van der Waals surface area contributed by atoms with Crippen LogP contribution in [-0.4, -0.2) is 50.3 Å². The minimum Gasteiger partial charge on any atom is -0.489 e. The molecule has 1 saturated heterocycles. The highest BCUT2D eigenvalue weighted by Crippen LogP contribution is 2.15. The van der Waals surface area contributed by atoms with Crippen LogP contribution in [0.3, 0.4) is 0 Å². The topological polar surface area (TPSA) is 63.9 Å². The van der Waals surface area contributed by atoms with Gasteiger partial charge in [-0.15, -0.1) is 0 Å². The first-order valence-corrected chi connectivity index (χ1v) is 8.25. The van der Waals surface area contributed by atoms with E-state index in [1.165, 1.54) is 12.3 Å². The standard InChI is InChI=1S/C18H21FN2O4/c19-16-3-1-2-4-17(16)24-8-5-20-18(22)14-11-15(25-13-14)12-21-6-9-23-10-7-21/h1-4,11,13H,5-10,12H2,(H,20,22). The highest BCUT2D eigenvalue weighted by Gasteiger charge is 2.15. The van der Waals surface area contributed by atoms with Crippen LogP contribution in [0.15, 0.2) is 41.0 Å². The predicted octanol–water partition coefficient (Wildman–Crippen LogP) is 2.06. The van der Waals surface area contributed by atoms with Gasteiger partial charge in [0.05, 0.1) is 31.9 Å². The van der Waals surface area contributed by atoms with Gasteiger partial charge in [-0.25, -0.2) is 4.39 Å². The van der Waals surface area contributed by atoms with Crippen LogP contribution >= 0.6 is 0 Å². The first-order valence-electron chi connectivity index (χ1n) is 8.25. The maximum Gasteiger partial charge on any atom is 0.254 e. The summed E-state index contributed by atoms with van der Waals surface area (Å²) in [6, 6.07) is 7.90. The largest absolute Gasteiger partial charge is 0.489 e. The van der Waals surface area contributed by atoms with Crippen molar-refractivity contribution in [3.05, 3.63) is 53.7 Å². The van der Waals surface area contributed by atoms with E-state index in [9.17, 15) is 9.18 Å². The molecule has 2 heterocycles. The van der Waals surface area contributed by atoms with Gasteiger partial charge in [0.25, 0.3) is 5.91 Å². The number of para-hydroxylation sites is 1.